The minimum Gasteiger partial charge on any atom is -0.353 e. The van der Waals surface area contributed by atoms with Gasteiger partial charge in [0.1, 0.15) is 0 Å². The van der Waals surface area contributed by atoms with Crippen LogP contribution in [0.5, 0.6) is 0 Å². The van der Waals surface area contributed by atoms with Gasteiger partial charge >= 0.3 is 0 Å². The molecule has 1 aromatic heterocycles. The van der Waals surface area contributed by atoms with Gasteiger partial charge in [-0.3, -0.25) is 0 Å². The lowest BCUT2D eigenvalue weighted by atomic mass is 10.2. The van der Waals surface area contributed by atoms with E-state index in [2.05, 4.69) is 20.3 Å². The third kappa shape index (κ3) is 3.27. The van der Waals surface area contributed by atoms with Crippen molar-refractivity contribution < 1.29 is 0 Å². The van der Waals surface area contributed by atoms with Crippen LogP contribution in [0, 0.1) is 0 Å². The van der Waals surface area contributed by atoms with Crippen molar-refractivity contribution in [3.63, 3.8) is 0 Å². The summed E-state index contributed by atoms with van der Waals surface area (Å²) in [6.45, 7) is 1.14. The van der Waals surface area contributed by atoms with Crippen molar-refractivity contribution in [3.8, 4) is 22.8 Å². The number of rotatable bonds is 5. The molecule has 5 heteroatoms. The van der Waals surface area contributed by atoms with Crippen molar-refractivity contribution in [2.24, 2.45) is 5.73 Å². The molecule has 3 rings (SSSR count). The van der Waals surface area contributed by atoms with Crippen molar-refractivity contribution in [2.45, 2.75) is 0 Å². The van der Waals surface area contributed by atoms with Crippen molar-refractivity contribution in [1.82, 2.24) is 15.0 Å². The standard InChI is InChI=1S/C17H17N5/c18-11-12-19-17-21-15(13-7-3-1-4-8-13)20-16(22-17)14-9-5-2-6-10-14/h1-10H,11-12,18H2,(H,19,20,21,22). The molecule has 110 valence electrons. The van der Waals surface area contributed by atoms with Gasteiger partial charge in [0.2, 0.25) is 5.95 Å². The van der Waals surface area contributed by atoms with Crippen LogP contribution in [0.2, 0.25) is 0 Å². The van der Waals surface area contributed by atoms with Crippen LogP contribution >= 0.6 is 0 Å². The van der Waals surface area contributed by atoms with E-state index in [9.17, 15) is 0 Å². The van der Waals surface area contributed by atoms with Gasteiger partial charge in [-0.05, 0) is 0 Å². The van der Waals surface area contributed by atoms with Gasteiger partial charge < -0.3 is 11.1 Å². The highest BCUT2D eigenvalue weighted by molar-refractivity contribution is 5.62. The van der Waals surface area contributed by atoms with Gasteiger partial charge in [-0.15, -0.1) is 0 Å². The fourth-order valence-electron chi connectivity index (χ4n) is 2.07. The molecule has 0 radical (unpaired) electrons. The molecule has 0 aliphatic heterocycles. The zero-order chi connectivity index (χ0) is 15.2. The predicted octanol–water partition coefficient (Wildman–Crippen LogP) is 2.58. The predicted molar refractivity (Wildman–Crippen MR) is 88.2 cm³/mol. The van der Waals surface area contributed by atoms with Crippen LogP contribution in [-0.2, 0) is 0 Å². The maximum absolute atomic E-state index is 5.54. The summed E-state index contributed by atoms with van der Waals surface area (Å²) >= 11 is 0. The molecule has 0 aliphatic rings. The Morgan fingerprint density at radius 1 is 0.727 bits per heavy atom. The monoisotopic (exact) mass is 291 g/mol. The summed E-state index contributed by atoms with van der Waals surface area (Å²) in [6, 6.07) is 19.7. The normalized spacial score (nSPS) is 10.4. The first-order valence-electron chi connectivity index (χ1n) is 7.17. The second kappa shape index (κ2) is 6.78. The van der Waals surface area contributed by atoms with Gasteiger partial charge in [0.05, 0.1) is 0 Å². The van der Waals surface area contributed by atoms with Crippen molar-refractivity contribution >= 4 is 5.95 Å². The van der Waals surface area contributed by atoms with Crippen LogP contribution in [0.15, 0.2) is 60.7 Å². The zero-order valence-electron chi connectivity index (χ0n) is 12.1. The average Bonchev–Trinajstić information content (AvgIpc) is 2.61. The Hall–Kier alpha value is -2.79. The van der Waals surface area contributed by atoms with Crippen LogP contribution < -0.4 is 11.1 Å². The SMILES string of the molecule is NCCNc1nc(-c2ccccc2)nc(-c2ccccc2)n1. The molecule has 0 fully saturated rings. The maximum Gasteiger partial charge on any atom is 0.226 e. The maximum atomic E-state index is 5.54. The summed E-state index contributed by atoms with van der Waals surface area (Å²) in [7, 11) is 0. The van der Waals surface area contributed by atoms with Crippen LogP contribution in [-0.4, -0.2) is 28.0 Å². The number of anilines is 1. The first-order valence-corrected chi connectivity index (χ1v) is 7.17. The molecular weight excluding hydrogens is 274 g/mol. The van der Waals surface area contributed by atoms with E-state index < -0.39 is 0 Å². The number of hydrogen-bond donors (Lipinski definition) is 2. The van der Waals surface area contributed by atoms with Crippen molar-refractivity contribution in [3.05, 3.63) is 60.7 Å². The number of aromatic nitrogens is 3. The van der Waals surface area contributed by atoms with E-state index in [0.717, 1.165) is 11.1 Å². The third-order valence-corrected chi connectivity index (χ3v) is 3.13. The second-order valence-corrected chi connectivity index (χ2v) is 4.75. The number of nitrogens with two attached hydrogens (primary N) is 1. The minimum absolute atomic E-state index is 0.521. The number of nitrogens with one attached hydrogen (secondary N) is 1. The Morgan fingerprint density at radius 2 is 1.23 bits per heavy atom. The Morgan fingerprint density at radius 3 is 1.68 bits per heavy atom. The molecule has 0 saturated carbocycles. The van der Waals surface area contributed by atoms with E-state index in [0.29, 0.717) is 30.7 Å². The molecule has 5 nitrogen and oxygen atoms in total. The molecule has 22 heavy (non-hydrogen) atoms. The summed E-state index contributed by atoms with van der Waals surface area (Å²) < 4.78 is 0. The molecule has 0 atom stereocenters. The van der Waals surface area contributed by atoms with Gasteiger partial charge in [0.25, 0.3) is 0 Å². The van der Waals surface area contributed by atoms with Crippen molar-refractivity contribution in [1.29, 1.82) is 0 Å². The molecule has 3 N–H and O–H groups in total. The molecule has 0 unspecified atom stereocenters. The first-order chi connectivity index (χ1) is 10.9. The number of nitrogens with zero attached hydrogens (tertiary/aromatic N) is 3. The lowest BCUT2D eigenvalue weighted by molar-refractivity contribution is 0.974. The summed E-state index contributed by atoms with van der Waals surface area (Å²) in [5.74, 6) is 1.83. The molecule has 0 spiro atoms. The highest BCUT2D eigenvalue weighted by atomic mass is 15.2. The quantitative estimate of drug-likeness (QED) is 0.755. The molecular formula is C17H17N5. The van der Waals surface area contributed by atoms with E-state index in [1.54, 1.807) is 0 Å². The van der Waals surface area contributed by atoms with E-state index in [-0.39, 0.29) is 0 Å². The summed E-state index contributed by atoms with van der Waals surface area (Å²) in [5.41, 5.74) is 7.45. The topological polar surface area (TPSA) is 76.7 Å². The Balaban J connectivity index is 2.06. The van der Waals surface area contributed by atoms with Crippen LogP contribution in [0.1, 0.15) is 0 Å². The fraction of sp³-hybridized carbons (Fsp3) is 0.118. The summed E-state index contributed by atoms with van der Waals surface area (Å²) in [6.07, 6.45) is 0. The average molecular weight is 291 g/mol. The molecule has 0 amide bonds. The van der Waals surface area contributed by atoms with Crippen LogP contribution in [0.3, 0.4) is 0 Å². The van der Waals surface area contributed by atoms with Gasteiger partial charge in [-0.25, -0.2) is 4.98 Å². The van der Waals surface area contributed by atoms with Crippen LogP contribution in [0.4, 0.5) is 5.95 Å². The highest BCUT2D eigenvalue weighted by Crippen LogP contribution is 2.21. The first kappa shape index (κ1) is 14.2. The number of benzene rings is 2. The third-order valence-electron chi connectivity index (χ3n) is 3.13. The van der Waals surface area contributed by atoms with E-state index in [4.69, 9.17) is 5.73 Å². The summed E-state index contributed by atoms with van der Waals surface area (Å²) in [5, 5.41) is 3.13. The molecule has 3 aromatic rings. The number of hydrogen-bond acceptors (Lipinski definition) is 5. The van der Waals surface area contributed by atoms with Gasteiger partial charge in [0, 0.05) is 24.2 Å². The summed E-state index contributed by atoms with van der Waals surface area (Å²) in [4.78, 5) is 13.5. The fourth-order valence-corrected chi connectivity index (χ4v) is 2.07. The Labute approximate surface area is 129 Å². The van der Waals surface area contributed by atoms with Crippen LogP contribution in [0.25, 0.3) is 22.8 Å². The Kier molecular flexibility index (Phi) is 4.36. The largest absolute Gasteiger partial charge is 0.353 e. The smallest absolute Gasteiger partial charge is 0.226 e. The minimum atomic E-state index is 0.521. The second-order valence-electron chi connectivity index (χ2n) is 4.75. The van der Waals surface area contributed by atoms with E-state index in [1.165, 1.54) is 0 Å². The molecule has 0 aliphatic carbocycles. The van der Waals surface area contributed by atoms with E-state index >= 15 is 0 Å². The zero-order valence-corrected chi connectivity index (χ0v) is 12.1. The molecule has 2 aromatic carbocycles. The Bertz CT molecular complexity index is 671. The lowest BCUT2D eigenvalue weighted by Gasteiger charge is -2.08. The van der Waals surface area contributed by atoms with Crippen molar-refractivity contribution in [2.75, 3.05) is 18.4 Å². The van der Waals surface area contributed by atoms with Gasteiger partial charge in [-0.1, -0.05) is 60.7 Å². The van der Waals surface area contributed by atoms with E-state index in [1.807, 2.05) is 60.7 Å². The lowest BCUT2D eigenvalue weighted by Crippen LogP contribution is -2.15. The van der Waals surface area contributed by atoms with Gasteiger partial charge in [0.15, 0.2) is 11.6 Å². The highest BCUT2D eigenvalue weighted by Gasteiger charge is 2.09. The molecule has 1 heterocycles. The molecule has 0 bridgehead atoms. The van der Waals surface area contributed by atoms with Gasteiger partial charge in [-0.2, -0.15) is 9.97 Å². The molecule has 0 saturated heterocycles.